The van der Waals surface area contributed by atoms with E-state index in [2.05, 4.69) is 43.0 Å². The fourth-order valence-electron chi connectivity index (χ4n) is 2.04. The zero-order valence-electron chi connectivity index (χ0n) is 10.5. The first-order valence-corrected chi connectivity index (χ1v) is 6.43. The summed E-state index contributed by atoms with van der Waals surface area (Å²) in [6, 6.07) is 2.27. The van der Waals surface area contributed by atoms with Crippen LogP contribution in [0, 0.1) is 5.41 Å². The van der Waals surface area contributed by atoms with Crippen molar-refractivity contribution in [1.29, 1.82) is 0 Å². The van der Waals surface area contributed by atoms with Crippen molar-refractivity contribution >= 4 is 11.3 Å². The van der Waals surface area contributed by atoms with Gasteiger partial charge in [0.25, 0.3) is 0 Å². The molecule has 0 spiro atoms. The molecule has 0 aliphatic carbocycles. The van der Waals surface area contributed by atoms with E-state index in [1.165, 1.54) is 5.56 Å². The number of hydrazine groups is 1. The molecule has 0 fully saturated rings. The number of hydrogen-bond donors (Lipinski definition) is 2. The molecule has 0 saturated carbocycles. The molecule has 0 amide bonds. The van der Waals surface area contributed by atoms with Gasteiger partial charge in [0.1, 0.15) is 0 Å². The normalized spacial score (nSPS) is 16.1. The number of rotatable bonds is 5. The van der Waals surface area contributed by atoms with Gasteiger partial charge in [-0.05, 0) is 34.2 Å². The Kier molecular flexibility index (Phi) is 4.92. The van der Waals surface area contributed by atoms with Crippen molar-refractivity contribution in [2.45, 2.75) is 39.3 Å². The largest absolute Gasteiger partial charge is 0.379 e. The first-order valence-electron chi connectivity index (χ1n) is 5.49. The first-order chi connectivity index (χ1) is 7.49. The standard InChI is InChI=1S/C12H22N2OS/c1-12(2,3)11(15-4)10(14-13)7-9-5-6-16-8-9/h5-6,8,10-11,14H,7,13H2,1-4H3. The van der Waals surface area contributed by atoms with Crippen molar-refractivity contribution in [3.05, 3.63) is 22.4 Å². The monoisotopic (exact) mass is 242 g/mol. The quantitative estimate of drug-likeness (QED) is 0.614. The second-order valence-corrected chi connectivity index (χ2v) is 5.91. The topological polar surface area (TPSA) is 47.3 Å². The smallest absolute Gasteiger partial charge is 0.0789 e. The maximum Gasteiger partial charge on any atom is 0.0789 e. The van der Waals surface area contributed by atoms with E-state index in [9.17, 15) is 0 Å². The number of ether oxygens (including phenoxy) is 1. The minimum absolute atomic E-state index is 0.0712. The molecule has 2 atom stereocenters. The van der Waals surface area contributed by atoms with E-state index in [0.29, 0.717) is 0 Å². The van der Waals surface area contributed by atoms with Gasteiger partial charge in [0, 0.05) is 7.11 Å². The van der Waals surface area contributed by atoms with Crippen molar-refractivity contribution in [2.24, 2.45) is 11.3 Å². The summed E-state index contributed by atoms with van der Waals surface area (Å²) in [4.78, 5) is 0. The van der Waals surface area contributed by atoms with E-state index >= 15 is 0 Å². The van der Waals surface area contributed by atoms with Crippen LogP contribution in [0.4, 0.5) is 0 Å². The molecule has 4 heteroatoms. The zero-order valence-corrected chi connectivity index (χ0v) is 11.3. The maximum atomic E-state index is 5.64. The van der Waals surface area contributed by atoms with Gasteiger partial charge in [-0.15, -0.1) is 0 Å². The van der Waals surface area contributed by atoms with Gasteiger partial charge in [-0.3, -0.25) is 11.3 Å². The second-order valence-electron chi connectivity index (χ2n) is 5.13. The molecule has 1 heterocycles. The third kappa shape index (κ3) is 3.56. The van der Waals surface area contributed by atoms with Crippen molar-refractivity contribution in [3.63, 3.8) is 0 Å². The summed E-state index contributed by atoms with van der Waals surface area (Å²) in [5, 5.41) is 4.24. The minimum Gasteiger partial charge on any atom is -0.379 e. The van der Waals surface area contributed by atoms with Gasteiger partial charge >= 0.3 is 0 Å². The van der Waals surface area contributed by atoms with Crippen LogP contribution in [0.15, 0.2) is 16.8 Å². The lowest BCUT2D eigenvalue weighted by molar-refractivity contribution is -0.0110. The summed E-state index contributed by atoms with van der Waals surface area (Å²) in [5.74, 6) is 5.64. The van der Waals surface area contributed by atoms with Crippen LogP contribution < -0.4 is 11.3 Å². The second kappa shape index (κ2) is 5.77. The van der Waals surface area contributed by atoms with Crippen LogP contribution in [-0.2, 0) is 11.2 Å². The summed E-state index contributed by atoms with van der Waals surface area (Å²) in [6.45, 7) is 6.50. The Balaban J connectivity index is 2.72. The molecule has 2 unspecified atom stereocenters. The molecule has 0 bridgehead atoms. The Labute approximate surface area is 102 Å². The lowest BCUT2D eigenvalue weighted by Crippen LogP contribution is -2.51. The summed E-state index contributed by atoms with van der Waals surface area (Å²) >= 11 is 1.71. The highest BCUT2D eigenvalue weighted by Gasteiger charge is 2.31. The van der Waals surface area contributed by atoms with Gasteiger partial charge in [0.05, 0.1) is 12.1 Å². The van der Waals surface area contributed by atoms with Crippen LogP contribution in [0.1, 0.15) is 26.3 Å². The molecule has 92 valence electrons. The molecule has 16 heavy (non-hydrogen) atoms. The zero-order chi connectivity index (χ0) is 12.2. The molecule has 1 rings (SSSR count). The molecular formula is C12H22N2OS. The molecule has 3 N–H and O–H groups in total. The van der Waals surface area contributed by atoms with Crippen LogP contribution in [0.2, 0.25) is 0 Å². The molecular weight excluding hydrogens is 220 g/mol. The highest BCUT2D eigenvalue weighted by molar-refractivity contribution is 7.07. The van der Waals surface area contributed by atoms with Gasteiger partial charge in [0.15, 0.2) is 0 Å². The Morgan fingerprint density at radius 2 is 2.19 bits per heavy atom. The van der Waals surface area contributed by atoms with E-state index in [4.69, 9.17) is 10.6 Å². The first kappa shape index (κ1) is 13.6. The van der Waals surface area contributed by atoms with E-state index in [1.54, 1.807) is 18.4 Å². The predicted octanol–water partition coefficient (Wildman–Crippen LogP) is 2.18. The fourth-order valence-corrected chi connectivity index (χ4v) is 2.72. The van der Waals surface area contributed by atoms with Crippen LogP contribution in [0.25, 0.3) is 0 Å². The molecule has 0 aliphatic rings. The number of nitrogens with two attached hydrogens (primary N) is 1. The van der Waals surface area contributed by atoms with Crippen molar-refractivity contribution < 1.29 is 4.74 Å². The SMILES string of the molecule is COC(C(Cc1ccsc1)NN)C(C)(C)C. The molecule has 0 aromatic carbocycles. The summed E-state index contributed by atoms with van der Waals surface area (Å²) in [6.07, 6.45) is 0.993. The fraction of sp³-hybridized carbons (Fsp3) is 0.667. The third-order valence-corrected chi connectivity index (χ3v) is 3.45. The summed E-state index contributed by atoms with van der Waals surface area (Å²) < 4.78 is 5.58. The van der Waals surface area contributed by atoms with Crippen LogP contribution >= 0.6 is 11.3 Å². The molecule has 1 aromatic heterocycles. The van der Waals surface area contributed by atoms with Gasteiger partial charge in [-0.25, -0.2) is 0 Å². The Morgan fingerprint density at radius 3 is 2.56 bits per heavy atom. The summed E-state index contributed by atoms with van der Waals surface area (Å²) in [5.41, 5.74) is 4.25. The lowest BCUT2D eigenvalue weighted by atomic mass is 9.83. The predicted molar refractivity (Wildman–Crippen MR) is 69.4 cm³/mol. The molecule has 0 radical (unpaired) electrons. The molecule has 1 aromatic rings. The lowest BCUT2D eigenvalue weighted by Gasteiger charge is -2.35. The highest BCUT2D eigenvalue weighted by Crippen LogP contribution is 2.26. The van der Waals surface area contributed by atoms with Crippen LogP contribution in [0.5, 0.6) is 0 Å². The van der Waals surface area contributed by atoms with Crippen LogP contribution in [-0.4, -0.2) is 19.3 Å². The van der Waals surface area contributed by atoms with E-state index < -0.39 is 0 Å². The number of nitrogens with one attached hydrogen (secondary N) is 1. The third-order valence-electron chi connectivity index (χ3n) is 2.72. The average molecular weight is 242 g/mol. The Morgan fingerprint density at radius 1 is 1.50 bits per heavy atom. The number of hydrogen-bond acceptors (Lipinski definition) is 4. The molecule has 0 saturated heterocycles. The average Bonchev–Trinajstić information content (AvgIpc) is 2.67. The molecule has 0 aliphatic heterocycles. The highest BCUT2D eigenvalue weighted by atomic mass is 32.1. The van der Waals surface area contributed by atoms with E-state index in [0.717, 1.165) is 6.42 Å². The summed E-state index contributed by atoms with van der Waals surface area (Å²) in [7, 11) is 1.74. The van der Waals surface area contributed by atoms with Crippen molar-refractivity contribution in [2.75, 3.05) is 7.11 Å². The van der Waals surface area contributed by atoms with Gasteiger partial charge in [0.2, 0.25) is 0 Å². The van der Waals surface area contributed by atoms with Crippen LogP contribution in [0.3, 0.4) is 0 Å². The molecule has 3 nitrogen and oxygen atoms in total. The van der Waals surface area contributed by atoms with Gasteiger partial charge in [-0.1, -0.05) is 20.8 Å². The van der Waals surface area contributed by atoms with Gasteiger partial charge < -0.3 is 4.74 Å². The number of thiophene rings is 1. The Bertz CT molecular complexity index is 292. The van der Waals surface area contributed by atoms with E-state index in [1.807, 2.05) is 0 Å². The van der Waals surface area contributed by atoms with Crippen molar-refractivity contribution in [3.8, 4) is 0 Å². The Hall–Kier alpha value is -0.420. The van der Waals surface area contributed by atoms with Crippen molar-refractivity contribution in [1.82, 2.24) is 5.43 Å². The number of methoxy groups -OCH3 is 1. The van der Waals surface area contributed by atoms with Gasteiger partial charge in [-0.2, -0.15) is 11.3 Å². The minimum atomic E-state index is 0.0712. The maximum absolute atomic E-state index is 5.64. The van der Waals surface area contributed by atoms with E-state index in [-0.39, 0.29) is 17.6 Å².